The van der Waals surface area contributed by atoms with Crippen molar-refractivity contribution in [3.05, 3.63) is 30.1 Å². The molecule has 0 radical (unpaired) electrons. The number of hydrogen-bond donors (Lipinski definition) is 0. The van der Waals surface area contributed by atoms with Gasteiger partial charge in [-0.05, 0) is 37.3 Å². The van der Waals surface area contributed by atoms with E-state index in [0.717, 1.165) is 78.0 Å². The van der Waals surface area contributed by atoms with Gasteiger partial charge in [0, 0.05) is 71.3 Å². The van der Waals surface area contributed by atoms with Crippen LogP contribution in [0.3, 0.4) is 0 Å². The van der Waals surface area contributed by atoms with E-state index in [2.05, 4.69) is 16.0 Å². The van der Waals surface area contributed by atoms with E-state index >= 15 is 0 Å². The van der Waals surface area contributed by atoms with Gasteiger partial charge in [0.2, 0.25) is 5.91 Å². The summed E-state index contributed by atoms with van der Waals surface area (Å²) in [5.41, 5.74) is 1.21. The molecule has 0 aromatic carbocycles. The molecule has 3 fully saturated rings. The number of carbonyl (C=O) groups is 2. The molecule has 0 N–H and O–H groups in total. The van der Waals surface area contributed by atoms with E-state index in [4.69, 9.17) is 0 Å². The molecule has 1 atom stereocenters. The predicted molar refractivity (Wildman–Crippen MR) is 107 cm³/mol. The van der Waals surface area contributed by atoms with Crippen LogP contribution in [0.2, 0.25) is 0 Å². The minimum absolute atomic E-state index is 0.0369. The topological polar surface area (TPSA) is 60.0 Å². The minimum Gasteiger partial charge on any atom is -0.340 e. The summed E-state index contributed by atoms with van der Waals surface area (Å²) >= 11 is 0. The molecule has 3 saturated heterocycles. The summed E-state index contributed by atoms with van der Waals surface area (Å²) < 4.78 is 0. The van der Waals surface area contributed by atoms with Gasteiger partial charge in [0.05, 0.1) is 5.92 Å². The van der Waals surface area contributed by atoms with E-state index in [0.29, 0.717) is 6.54 Å². The summed E-state index contributed by atoms with van der Waals surface area (Å²) in [5, 5.41) is 0. The first-order chi connectivity index (χ1) is 13.7. The fourth-order valence-electron chi connectivity index (χ4n) is 4.60. The molecule has 3 aliphatic rings. The Morgan fingerprint density at radius 1 is 0.929 bits per heavy atom. The van der Waals surface area contributed by atoms with Crippen molar-refractivity contribution in [2.45, 2.75) is 32.2 Å². The average Bonchev–Trinajstić information content (AvgIpc) is 3.29. The molecule has 0 saturated carbocycles. The number of hydrogen-bond acceptors (Lipinski definition) is 4. The van der Waals surface area contributed by atoms with Crippen LogP contribution in [0.25, 0.3) is 0 Å². The van der Waals surface area contributed by atoms with Gasteiger partial charge in [-0.1, -0.05) is 6.07 Å². The van der Waals surface area contributed by atoms with Crippen molar-refractivity contribution in [3.63, 3.8) is 0 Å². The summed E-state index contributed by atoms with van der Waals surface area (Å²) in [6.45, 7) is 7.33. The summed E-state index contributed by atoms with van der Waals surface area (Å²) in [7, 11) is 0. The molecule has 28 heavy (non-hydrogen) atoms. The Morgan fingerprint density at radius 2 is 1.68 bits per heavy atom. The number of amides is 3. The zero-order chi connectivity index (χ0) is 19.3. The molecule has 0 spiro atoms. The summed E-state index contributed by atoms with van der Waals surface area (Å²) in [6, 6.07) is 4.20. The van der Waals surface area contributed by atoms with E-state index in [-0.39, 0.29) is 17.9 Å². The predicted octanol–water partition coefficient (Wildman–Crippen LogP) is 1.65. The van der Waals surface area contributed by atoms with Crippen molar-refractivity contribution in [2.24, 2.45) is 5.92 Å². The lowest BCUT2D eigenvalue weighted by molar-refractivity contribution is -0.138. The van der Waals surface area contributed by atoms with E-state index in [1.807, 2.05) is 27.0 Å². The van der Waals surface area contributed by atoms with Crippen molar-refractivity contribution in [1.29, 1.82) is 0 Å². The summed E-state index contributed by atoms with van der Waals surface area (Å²) in [6.07, 6.45) is 7.74. The third kappa shape index (κ3) is 4.46. The second-order valence-corrected chi connectivity index (χ2v) is 8.22. The Balaban J connectivity index is 1.27. The molecule has 3 amide bonds. The van der Waals surface area contributed by atoms with E-state index in [1.165, 1.54) is 5.56 Å². The third-order valence-corrected chi connectivity index (χ3v) is 6.23. The number of urea groups is 1. The van der Waals surface area contributed by atoms with Gasteiger partial charge in [-0.25, -0.2) is 4.79 Å². The first kappa shape index (κ1) is 19.2. The van der Waals surface area contributed by atoms with Gasteiger partial charge in [0.15, 0.2) is 0 Å². The third-order valence-electron chi connectivity index (χ3n) is 6.23. The van der Waals surface area contributed by atoms with Crippen molar-refractivity contribution >= 4 is 11.9 Å². The molecule has 4 heterocycles. The number of rotatable bonds is 3. The van der Waals surface area contributed by atoms with Crippen molar-refractivity contribution in [2.75, 3.05) is 52.4 Å². The molecule has 1 aromatic rings. The van der Waals surface area contributed by atoms with Gasteiger partial charge in [-0.15, -0.1) is 0 Å². The van der Waals surface area contributed by atoms with Gasteiger partial charge in [0.25, 0.3) is 0 Å². The molecule has 1 unspecified atom stereocenters. The van der Waals surface area contributed by atoms with Crippen LogP contribution in [0, 0.1) is 5.92 Å². The molecule has 7 heteroatoms. The molecule has 0 aliphatic carbocycles. The number of carbonyl (C=O) groups excluding carboxylic acids is 2. The molecular weight excluding hydrogens is 354 g/mol. The second kappa shape index (κ2) is 8.90. The highest BCUT2D eigenvalue weighted by Gasteiger charge is 2.34. The number of pyridine rings is 1. The highest BCUT2D eigenvalue weighted by atomic mass is 16.2. The van der Waals surface area contributed by atoms with Crippen LogP contribution in [0.15, 0.2) is 24.5 Å². The lowest BCUT2D eigenvalue weighted by atomic mass is 9.96. The van der Waals surface area contributed by atoms with Gasteiger partial charge in [0.1, 0.15) is 0 Å². The van der Waals surface area contributed by atoms with Gasteiger partial charge in [-0.2, -0.15) is 0 Å². The number of nitrogens with zero attached hydrogens (tertiary/aromatic N) is 5. The maximum atomic E-state index is 13.1. The largest absolute Gasteiger partial charge is 0.340 e. The standard InChI is InChI=1S/C21H31N5O2/c27-20(19-6-4-10-26(17-19)21(28)25-8-1-2-9-25)24-13-11-23(12-14-24)16-18-5-3-7-22-15-18/h3,5,7,15,19H,1-2,4,6,8-14,16-17H2. The van der Waals surface area contributed by atoms with E-state index < -0.39 is 0 Å². The van der Waals surface area contributed by atoms with Crippen LogP contribution in [0.5, 0.6) is 0 Å². The molecule has 1 aromatic heterocycles. The monoisotopic (exact) mass is 385 g/mol. The van der Waals surface area contributed by atoms with Crippen LogP contribution in [-0.2, 0) is 11.3 Å². The van der Waals surface area contributed by atoms with E-state index in [9.17, 15) is 9.59 Å². The fourth-order valence-corrected chi connectivity index (χ4v) is 4.60. The van der Waals surface area contributed by atoms with Gasteiger partial charge >= 0.3 is 6.03 Å². The highest BCUT2D eigenvalue weighted by Crippen LogP contribution is 2.22. The van der Waals surface area contributed by atoms with Gasteiger partial charge in [-0.3, -0.25) is 14.7 Å². The lowest BCUT2D eigenvalue weighted by Gasteiger charge is -2.39. The maximum Gasteiger partial charge on any atom is 0.320 e. The van der Waals surface area contributed by atoms with Crippen LogP contribution < -0.4 is 0 Å². The lowest BCUT2D eigenvalue weighted by Crippen LogP contribution is -2.54. The Hall–Kier alpha value is -2.15. The Labute approximate surface area is 167 Å². The molecule has 4 rings (SSSR count). The van der Waals surface area contributed by atoms with Crippen LogP contribution in [0.4, 0.5) is 4.79 Å². The van der Waals surface area contributed by atoms with Gasteiger partial charge < -0.3 is 14.7 Å². The SMILES string of the molecule is O=C(C1CCCN(C(=O)N2CCCC2)C1)N1CCN(Cc2cccnc2)CC1. The van der Waals surface area contributed by atoms with E-state index in [1.54, 1.807) is 6.20 Å². The average molecular weight is 386 g/mol. The summed E-state index contributed by atoms with van der Waals surface area (Å²) in [5.74, 6) is 0.199. The van der Waals surface area contributed by atoms with Crippen molar-refractivity contribution in [3.8, 4) is 0 Å². The summed E-state index contributed by atoms with van der Waals surface area (Å²) in [4.78, 5) is 38.2. The number of piperazine rings is 1. The van der Waals surface area contributed by atoms with Crippen molar-refractivity contribution in [1.82, 2.24) is 24.6 Å². The minimum atomic E-state index is -0.0369. The quantitative estimate of drug-likeness (QED) is 0.794. The maximum absolute atomic E-state index is 13.1. The number of piperidine rings is 1. The molecule has 0 bridgehead atoms. The molecule has 7 nitrogen and oxygen atoms in total. The highest BCUT2D eigenvalue weighted by molar-refractivity contribution is 5.81. The molecule has 152 valence electrons. The van der Waals surface area contributed by atoms with Crippen LogP contribution in [0.1, 0.15) is 31.2 Å². The molecular formula is C21H31N5O2. The second-order valence-electron chi connectivity index (χ2n) is 8.22. The zero-order valence-electron chi connectivity index (χ0n) is 16.6. The first-order valence-electron chi connectivity index (χ1n) is 10.6. The van der Waals surface area contributed by atoms with Crippen LogP contribution >= 0.6 is 0 Å². The first-order valence-corrected chi connectivity index (χ1v) is 10.6. The zero-order valence-corrected chi connectivity index (χ0v) is 16.6. The van der Waals surface area contributed by atoms with Crippen LogP contribution in [-0.4, -0.2) is 88.9 Å². The normalized spacial score (nSPS) is 23.9. The smallest absolute Gasteiger partial charge is 0.320 e. The number of likely N-dealkylation sites (tertiary alicyclic amines) is 2. The van der Waals surface area contributed by atoms with Crippen molar-refractivity contribution < 1.29 is 9.59 Å². The number of aromatic nitrogens is 1. The molecule has 3 aliphatic heterocycles. The fraction of sp³-hybridized carbons (Fsp3) is 0.667. The Bertz CT molecular complexity index is 669. The Kier molecular flexibility index (Phi) is 6.10. The Morgan fingerprint density at radius 3 is 2.39 bits per heavy atom.